The number of aliphatic hydroxyl groups is 2. The number of aliphatic carboxylic acids is 1. The lowest BCUT2D eigenvalue weighted by molar-refractivity contribution is -0.132. The molecule has 4 nitrogen and oxygen atoms in total. The molecule has 0 aromatic rings. The van der Waals surface area contributed by atoms with Crippen molar-refractivity contribution >= 4 is 5.97 Å². The van der Waals surface area contributed by atoms with Crippen molar-refractivity contribution in [2.75, 3.05) is 13.2 Å². The van der Waals surface area contributed by atoms with Gasteiger partial charge in [0.15, 0.2) is 0 Å². The molecule has 0 heterocycles. The number of carboxylic acids is 1. The summed E-state index contributed by atoms with van der Waals surface area (Å²) < 4.78 is 0. The zero-order chi connectivity index (χ0) is 9.98. The van der Waals surface area contributed by atoms with Gasteiger partial charge in [-0.25, -0.2) is 4.79 Å². The molecule has 0 aliphatic carbocycles. The number of aliphatic hydroxyl groups excluding tert-OH is 2. The predicted molar refractivity (Wildman–Crippen MR) is 45.9 cm³/mol. The first kappa shape index (κ1) is 13.7. The van der Waals surface area contributed by atoms with Crippen LogP contribution in [0.25, 0.3) is 0 Å². The van der Waals surface area contributed by atoms with Crippen LogP contribution in [0.1, 0.15) is 20.3 Å². The molecule has 0 amide bonds. The van der Waals surface area contributed by atoms with E-state index in [1.165, 1.54) is 0 Å². The van der Waals surface area contributed by atoms with E-state index >= 15 is 0 Å². The smallest absolute Gasteiger partial charge is 0.330 e. The molecule has 0 aliphatic rings. The van der Waals surface area contributed by atoms with E-state index in [2.05, 4.69) is 0 Å². The van der Waals surface area contributed by atoms with Crippen LogP contribution in [0.15, 0.2) is 11.6 Å². The molecule has 0 unspecified atom stereocenters. The van der Waals surface area contributed by atoms with E-state index in [1.54, 1.807) is 13.0 Å². The largest absolute Gasteiger partial charge is 0.478 e. The summed E-state index contributed by atoms with van der Waals surface area (Å²) in [5, 5.41) is 23.5. The SMILES string of the molecule is CCC=C(C)C(=O)O.OCCO. The quantitative estimate of drug-likeness (QED) is 0.544. The Morgan fingerprint density at radius 2 is 1.75 bits per heavy atom. The number of rotatable bonds is 3. The molecule has 72 valence electrons. The van der Waals surface area contributed by atoms with E-state index in [4.69, 9.17) is 15.3 Å². The van der Waals surface area contributed by atoms with Crippen molar-refractivity contribution in [3.63, 3.8) is 0 Å². The second kappa shape index (κ2) is 10.1. The van der Waals surface area contributed by atoms with Crippen molar-refractivity contribution in [1.82, 2.24) is 0 Å². The Morgan fingerprint density at radius 3 is 1.83 bits per heavy atom. The van der Waals surface area contributed by atoms with Crippen LogP contribution in [0.5, 0.6) is 0 Å². The molecule has 0 radical (unpaired) electrons. The van der Waals surface area contributed by atoms with Gasteiger partial charge < -0.3 is 15.3 Å². The fourth-order valence-corrected chi connectivity index (χ4v) is 0.393. The van der Waals surface area contributed by atoms with Gasteiger partial charge in [0.2, 0.25) is 0 Å². The zero-order valence-electron chi connectivity index (χ0n) is 7.45. The summed E-state index contributed by atoms with van der Waals surface area (Å²) in [6.45, 7) is 3.25. The average Bonchev–Trinajstić information content (AvgIpc) is 2.05. The Bertz CT molecular complexity index is 138. The first-order valence-electron chi connectivity index (χ1n) is 3.71. The van der Waals surface area contributed by atoms with Gasteiger partial charge in [-0.1, -0.05) is 13.0 Å². The number of hydrogen-bond acceptors (Lipinski definition) is 3. The average molecular weight is 176 g/mol. The molecular formula is C8H16O4. The predicted octanol–water partition coefficient (Wildman–Crippen LogP) is 0.398. The van der Waals surface area contributed by atoms with Crippen LogP contribution >= 0.6 is 0 Å². The third-order valence-corrected chi connectivity index (χ3v) is 0.948. The number of hydrogen-bond donors (Lipinski definition) is 3. The Morgan fingerprint density at radius 1 is 1.33 bits per heavy atom. The van der Waals surface area contributed by atoms with E-state index < -0.39 is 5.97 Å². The Labute approximate surface area is 72.2 Å². The first-order valence-corrected chi connectivity index (χ1v) is 3.71. The molecule has 3 N–H and O–H groups in total. The lowest BCUT2D eigenvalue weighted by atomic mass is 10.2. The van der Waals surface area contributed by atoms with Gasteiger partial charge >= 0.3 is 5.97 Å². The van der Waals surface area contributed by atoms with E-state index in [0.717, 1.165) is 6.42 Å². The van der Waals surface area contributed by atoms with E-state index in [1.807, 2.05) is 6.92 Å². The van der Waals surface area contributed by atoms with Gasteiger partial charge in [0, 0.05) is 5.57 Å². The van der Waals surface area contributed by atoms with Crippen LogP contribution in [-0.4, -0.2) is 34.5 Å². The molecule has 0 rings (SSSR count). The molecule has 0 aromatic heterocycles. The summed E-state index contributed by atoms with van der Waals surface area (Å²) in [6.07, 6.45) is 2.47. The highest BCUT2D eigenvalue weighted by atomic mass is 16.4. The molecule has 0 aromatic carbocycles. The first-order chi connectivity index (χ1) is 5.59. The summed E-state index contributed by atoms with van der Waals surface area (Å²) in [5.41, 5.74) is 0.424. The van der Waals surface area contributed by atoms with Crippen molar-refractivity contribution in [3.05, 3.63) is 11.6 Å². The molecule has 4 heteroatoms. The van der Waals surface area contributed by atoms with E-state index in [-0.39, 0.29) is 13.2 Å². The molecule has 0 saturated carbocycles. The lowest BCUT2D eigenvalue weighted by Gasteiger charge is -1.87. The van der Waals surface area contributed by atoms with Gasteiger partial charge in [-0.3, -0.25) is 0 Å². The highest BCUT2D eigenvalue weighted by Gasteiger charge is 1.94. The van der Waals surface area contributed by atoms with E-state index in [9.17, 15) is 4.79 Å². The van der Waals surface area contributed by atoms with Crippen molar-refractivity contribution in [2.45, 2.75) is 20.3 Å². The van der Waals surface area contributed by atoms with Crippen molar-refractivity contribution in [3.8, 4) is 0 Å². The molecule has 0 aliphatic heterocycles. The summed E-state index contributed by atoms with van der Waals surface area (Å²) in [5.74, 6) is -0.827. The third kappa shape index (κ3) is 11.9. The third-order valence-electron chi connectivity index (χ3n) is 0.948. The second-order valence-electron chi connectivity index (χ2n) is 2.05. The summed E-state index contributed by atoms with van der Waals surface area (Å²) in [7, 11) is 0. The minimum atomic E-state index is -0.827. The normalized spacial score (nSPS) is 10.2. The number of carbonyl (C=O) groups is 1. The molecule has 0 saturated heterocycles. The maximum atomic E-state index is 10.0. The highest BCUT2D eigenvalue weighted by molar-refractivity contribution is 5.85. The van der Waals surface area contributed by atoms with Crippen molar-refractivity contribution in [1.29, 1.82) is 0 Å². The molecule has 12 heavy (non-hydrogen) atoms. The molecule has 0 spiro atoms. The van der Waals surface area contributed by atoms with Crippen LogP contribution in [0, 0.1) is 0 Å². The molecular weight excluding hydrogens is 160 g/mol. The maximum absolute atomic E-state index is 10.0. The van der Waals surface area contributed by atoms with Gasteiger partial charge in [0.05, 0.1) is 13.2 Å². The van der Waals surface area contributed by atoms with Gasteiger partial charge in [-0.15, -0.1) is 0 Å². The number of carboxylic acid groups (broad SMARTS) is 1. The van der Waals surface area contributed by atoms with Crippen molar-refractivity contribution in [2.24, 2.45) is 0 Å². The zero-order valence-corrected chi connectivity index (χ0v) is 7.45. The minimum absolute atomic E-state index is 0.125. The fraction of sp³-hybridized carbons (Fsp3) is 0.625. The standard InChI is InChI=1S/C6H10O2.C2H6O2/c1-3-4-5(2)6(7)8;3-1-2-4/h4H,3H2,1-2H3,(H,7,8);3-4H,1-2H2. The second-order valence-corrected chi connectivity index (χ2v) is 2.05. The fourth-order valence-electron chi connectivity index (χ4n) is 0.393. The summed E-state index contributed by atoms with van der Waals surface area (Å²) in [6, 6.07) is 0. The molecule has 0 atom stereocenters. The summed E-state index contributed by atoms with van der Waals surface area (Å²) in [4.78, 5) is 10.0. The number of allylic oxidation sites excluding steroid dienone is 1. The topological polar surface area (TPSA) is 77.8 Å². The van der Waals surface area contributed by atoms with Gasteiger partial charge in [-0.05, 0) is 13.3 Å². The molecule has 0 bridgehead atoms. The van der Waals surface area contributed by atoms with Gasteiger partial charge in [-0.2, -0.15) is 0 Å². The Balaban J connectivity index is 0. The monoisotopic (exact) mass is 176 g/mol. The van der Waals surface area contributed by atoms with Crippen LogP contribution < -0.4 is 0 Å². The van der Waals surface area contributed by atoms with Crippen LogP contribution in [0.2, 0.25) is 0 Å². The Kier molecular flexibility index (Phi) is 11.6. The van der Waals surface area contributed by atoms with Crippen LogP contribution in [0.4, 0.5) is 0 Å². The van der Waals surface area contributed by atoms with Crippen LogP contribution in [-0.2, 0) is 4.79 Å². The van der Waals surface area contributed by atoms with Gasteiger partial charge in [0.1, 0.15) is 0 Å². The van der Waals surface area contributed by atoms with Crippen molar-refractivity contribution < 1.29 is 20.1 Å². The lowest BCUT2D eigenvalue weighted by Crippen LogP contribution is -1.94. The van der Waals surface area contributed by atoms with Crippen LogP contribution in [0.3, 0.4) is 0 Å². The van der Waals surface area contributed by atoms with Gasteiger partial charge in [0.25, 0.3) is 0 Å². The minimum Gasteiger partial charge on any atom is -0.478 e. The Hall–Kier alpha value is -0.870. The maximum Gasteiger partial charge on any atom is 0.330 e. The summed E-state index contributed by atoms with van der Waals surface area (Å²) >= 11 is 0. The van der Waals surface area contributed by atoms with E-state index in [0.29, 0.717) is 5.57 Å². The molecule has 0 fully saturated rings. The highest BCUT2D eigenvalue weighted by Crippen LogP contribution is 1.92.